The summed E-state index contributed by atoms with van der Waals surface area (Å²) in [4.78, 5) is 12.2. The molecule has 2 aromatic rings. The summed E-state index contributed by atoms with van der Waals surface area (Å²) in [5, 5.41) is 16.0. The maximum Gasteiger partial charge on any atom is 0.251 e. The van der Waals surface area contributed by atoms with Gasteiger partial charge in [-0.3, -0.25) is 9.48 Å². The number of nitrogens with zero attached hydrogens (tertiary/aromatic N) is 3. The van der Waals surface area contributed by atoms with Gasteiger partial charge >= 0.3 is 0 Å². The lowest BCUT2D eigenvalue weighted by molar-refractivity contribution is 0.0938. The number of carbonyl (C=O) groups excluding carboxylic acids is 1. The van der Waals surface area contributed by atoms with Crippen molar-refractivity contribution in [3.05, 3.63) is 53.3 Å². The highest BCUT2D eigenvalue weighted by atomic mass is 16.1. The molecule has 1 aromatic heterocycles. The van der Waals surface area contributed by atoms with E-state index in [4.69, 9.17) is 5.26 Å². The monoisotopic (exact) mass is 268 g/mol. The fraction of sp³-hybridized carbons (Fsp3) is 0.267. The van der Waals surface area contributed by atoms with Crippen LogP contribution >= 0.6 is 0 Å². The zero-order valence-corrected chi connectivity index (χ0v) is 11.5. The Morgan fingerprint density at radius 3 is 3.00 bits per heavy atom. The zero-order valence-electron chi connectivity index (χ0n) is 11.5. The van der Waals surface area contributed by atoms with Crippen LogP contribution in [0.2, 0.25) is 0 Å². The third kappa shape index (κ3) is 2.86. The first-order valence-corrected chi connectivity index (χ1v) is 6.48. The number of rotatable bonds is 4. The minimum atomic E-state index is -0.196. The Balaban J connectivity index is 2.13. The molecule has 0 aliphatic carbocycles. The van der Waals surface area contributed by atoms with Crippen molar-refractivity contribution in [1.82, 2.24) is 15.1 Å². The number of aromatic nitrogens is 2. The van der Waals surface area contributed by atoms with Crippen LogP contribution in [0.1, 0.15) is 41.5 Å². The molecule has 2 rings (SSSR count). The second-order valence-electron chi connectivity index (χ2n) is 4.46. The van der Waals surface area contributed by atoms with Crippen molar-refractivity contribution in [3.63, 3.8) is 0 Å². The Morgan fingerprint density at radius 2 is 2.30 bits per heavy atom. The minimum absolute atomic E-state index is 0.143. The van der Waals surface area contributed by atoms with E-state index in [0.717, 1.165) is 12.2 Å². The Kier molecular flexibility index (Phi) is 4.16. The molecule has 1 amide bonds. The predicted molar refractivity (Wildman–Crippen MR) is 74.9 cm³/mol. The van der Waals surface area contributed by atoms with Crippen molar-refractivity contribution < 1.29 is 4.79 Å². The van der Waals surface area contributed by atoms with Crippen molar-refractivity contribution in [2.24, 2.45) is 0 Å². The lowest BCUT2D eigenvalue weighted by atomic mass is 10.1. The first kappa shape index (κ1) is 13.8. The summed E-state index contributed by atoms with van der Waals surface area (Å²) in [6.45, 7) is 4.67. The van der Waals surface area contributed by atoms with Gasteiger partial charge < -0.3 is 5.32 Å². The molecule has 1 N–H and O–H groups in total. The smallest absolute Gasteiger partial charge is 0.251 e. The maximum absolute atomic E-state index is 12.2. The van der Waals surface area contributed by atoms with Crippen molar-refractivity contribution in [2.75, 3.05) is 0 Å². The van der Waals surface area contributed by atoms with Crippen LogP contribution in [-0.4, -0.2) is 15.7 Å². The highest BCUT2D eigenvalue weighted by Gasteiger charge is 2.14. The summed E-state index contributed by atoms with van der Waals surface area (Å²) >= 11 is 0. The van der Waals surface area contributed by atoms with Gasteiger partial charge in [0.25, 0.3) is 5.91 Å². The van der Waals surface area contributed by atoms with E-state index in [1.54, 1.807) is 30.5 Å². The van der Waals surface area contributed by atoms with E-state index >= 15 is 0 Å². The average Bonchev–Trinajstić information content (AvgIpc) is 2.95. The number of amides is 1. The first-order chi connectivity index (χ1) is 9.65. The Hall–Kier alpha value is -2.61. The van der Waals surface area contributed by atoms with Crippen LogP contribution in [0.15, 0.2) is 36.5 Å². The van der Waals surface area contributed by atoms with Gasteiger partial charge in [-0.05, 0) is 38.1 Å². The number of benzene rings is 1. The zero-order chi connectivity index (χ0) is 14.5. The minimum Gasteiger partial charge on any atom is -0.344 e. The lowest BCUT2D eigenvalue weighted by Gasteiger charge is -2.15. The third-order valence-electron chi connectivity index (χ3n) is 3.09. The molecule has 0 aliphatic rings. The van der Waals surface area contributed by atoms with Gasteiger partial charge in [-0.25, -0.2) is 0 Å². The molecule has 1 unspecified atom stereocenters. The normalized spacial score (nSPS) is 11.7. The van der Waals surface area contributed by atoms with E-state index in [9.17, 15) is 4.79 Å². The Labute approximate surface area is 117 Å². The number of nitrogens with one attached hydrogen (secondary N) is 1. The predicted octanol–water partition coefficient (Wildman–Crippen LogP) is 2.27. The highest BCUT2D eigenvalue weighted by Crippen LogP contribution is 2.13. The second-order valence-corrected chi connectivity index (χ2v) is 4.46. The lowest BCUT2D eigenvalue weighted by Crippen LogP contribution is -2.28. The van der Waals surface area contributed by atoms with E-state index in [-0.39, 0.29) is 11.9 Å². The van der Waals surface area contributed by atoms with Crippen LogP contribution in [0.3, 0.4) is 0 Å². The summed E-state index contributed by atoms with van der Waals surface area (Å²) in [5.74, 6) is -0.196. The average molecular weight is 268 g/mol. The van der Waals surface area contributed by atoms with Crippen molar-refractivity contribution in [3.8, 4) is 6.07 Å². The third-order valence-corrected chi connectivity index (χ3v) is 3.09. The highest BCUT2D eigenvalue weighted by molar-refractivity contribution is 5.94. The molecule has 0 saturated carbocycles. The van der Waals surface area contributed by atoms with E-state index in [1.165, 1.54) is 0 Å². The molecule has 5 nitrogen and oxygen atoms in total. The van der Waals surface area contributed by atoms with Gasteiger partial charge in [-0.1, -0.05) is 6.07 Å². The molecule has 1 heterocycles. The number of hydrogen-bond donors (Lipinski definition) is 1. The van der Waals surface area contributed by atoms with Gasteiger partial charge in [0.2, 0.25) is 0 Å². The first-order valence-electron chi connectivity index (χ1n) is 6.48. The van der Waals surface area contributed by atoms with Crippen LogP contribution in [0.5, 0.6) is 0 Å². The van der Waals surface area contributed by atoms with Gasteiger partial charge in [0, 0.05) is 18.3 Å². The van der Waals surface area contributed by atoms with Crippen LogP contribution < -0.4 is 5.32 Å². The molecular weight excluding hydrogens is 252 g/mol. The molecule has 0 aliphatic heterocycles. The summed E-state index contributed by atoms with van der Waals surface area (Å²) in [5.41, 5.74) is 1.92. The second kappa shape index (κ2) is 6.02. The van der Waals surface area contributed by atoms with E-state index in [0.29, 0.717) is 11.1 Å². The SMILES string of the molecule is CCn1nccc1C(C)NC(=O)c1cccc(C#N)c1. The maximum atomic E-state index is 12.2. The molecule has 5 heteroatoms. The largest absolute Gasteiger partial charge is 0.344 e. The number of nitriles is 1. The van der Waals surface area contributed by atoms with Gasteiger partial charge in [-0.2, -0.15) is 10.4 Å². The summed E-state index contributed by atoms with van der Waals surface area (Å²) in [6.07, 6.45) is 1.72. The van der Waals surface area contributed by atoms with Gasteiger partial charge in [0.15, 0.2) is 0 Å². The summed E-state index contributed by atoms with van der Waals surface area (Å²) in [7, 11) is 0. The number of aryl methyl sites for hydroxylation is 1. The van der Waals surface area contributed by atoms with Crippen LogP contribution in [-0.2, 0) is 6.54 Å². The van der Waals surface area contributed by atoms with Gasteiger partial charge in [-0.15, -0.1) is 0 Å². The molecule has 1 atom stereocenters. The van der Waals surface area contributed by atoms with E-state index in [2.05, 4.69) is 10.4 Å². The van der Waals surface area contributed by atoms with Gasteiger partial charge in [0.05, 0.1) is 23.4 Å². The molecule has 0 spiro atoms. The van der Waals surface area contributed by atoms with Crippen LogP contribution in [0.4, 0.5) is 0 Å². The van der Waals surface area contributed by atoms with E-state index in [1.807, 2.05) is 30.7 Å². The fourth-order valence-electron chi connectivity index (χ4n) is 2.06. The molecule has 1 aromatic carbocycles. The topological polar surface area (TPSA) is 70.7 Å². The summed E-state index contributed by atoms with van der Waals surface area (Å²) < 4.78 is 1.84. The molecular formula is C15H16N4O. The molecule has 102 valence electrons. The fourth-order valence-corrected chi connectivity index (χ4v) is 2.06. The Morgan fingerprint density at radius 1 is 1.50 bits per heavy atom. The van der Waals surface area contributed by atoms with Crippen molar-refractivity contribution in [2.45, 2.75) is 26.4 Å². The van der Waals surface area contributed by atoms with Crippen LogP contribution in [0.25, 0.3) is 0 Å². The molecule has 0 fully saturated rings. The quantitative estimate of drug-likeness (QED) is 0.924. The molecule has 0 saturated heterocycles. The summed E-state index contributed by atoms with van der Waals surface area (Å²) in [6, 6.07) is 10.4. The van der Waals surface area contributed by atoms with Crippen LogP contribution in [0, 0.1) is 11.3 Å². The number of hydrogen-bond acceptors (Lipinski definition) is 3. The number of carbonyl (C=O) groups is 1. The Bertz CT molecular complexity index is 654. The molecule has 0 radical (unpaired) electrons. The molecule has 0 bridgehead atoms. The molecule has 20 heavy (non-hydrogen) atoms. The standard InChI is InChI=1S/C15H16N4O/c1-3-19-14(7-8-17-19)11(2)18-15(20)13-6-4-5-12(9-13)10-16/h4-9,11H,3H2,1-2H3,(H,18,20). The van der Waals surface area contributed by atoms with E-state index < -0.39 is 0 Å². The van der Waals surface area contributed by atoms with Crippen molar-refractivity contribution >= 4 is 5.91 Å². The van der Waals surface area contributed by atoms with Crippen molar-refractivity contribution in [1.29, 1.82) is 5.26 Å². The van der Waals surface area contributed by atoms with Gasteiger partial charge in [0.1, 0.15) is 0 Å².